The van der Waals surface area contributed by atoms with Gasteiger partial charge in [0.05, 0.1) is 0 Å². The highest BCUT2D eigenvalue weighted by molar-refractivity contribution is 5.10. The van der Waals surface area contributed by atoms with Gasteiger partial charge in [0.2, 0.25) is 0 Å². The molecule has 0 saturated heterocycles. The van der Waals surface area contributed by atoms with Gasteiger partial charge in [-0.1, -0.05) is 19.3 Å². The Labute approximate surface area is 57.6 Å². The van der Waals surface area contributed by atoms with Crippen molar-refractivity contribution in [1.82, 2.24) is 0 Å². The molecule has 0 unspecified atom stereocenters. The predicted octanol–water partition coefficient (Wildman–Crippen LogP) is 2.93. The lowest BCUT2D eigenvalue weighted by Gasteiger charge is -2.20. The van der Waals surface area contributed by atoms with Crippen molar-refractivity contribution in [2.24, 2.45) is 5.92 Å². The molecule has 2 aliphatic rings. The van der Waals surface area contributed by atoms with Crippen LogP contribution >= 0.6 is 0 Å². The molecule has 0 atom stereocenters. The Kier molecular flexibility index (Phi) is 1.48. The maximum Gasteiger partial charge on any atom is -0.0210 e. The van der Waals surface area contributed by atoms with Gasteiger partial charge in [0.1, 0.15) is 0 Å². The Morgan fingerprint density at radius 3 is 2.11 bits per heavy atom. The van der Waals surface area contributed by atoms with E-state index in [4.69, 9.17) is 0 Å². The molecule has 2 saturated carbocycles. The summed E-state index contributed by atoms with van der Waals surface area (Å²) < 4.78 is 0. The van der Waals surface area contributed by atoms with Gasteiger partial charge in [0.25, 0.3) is 0 Å². The summed E-state index contributed by atoms with van der Waals surface area (Å²) in [6.07, 6.45) is 10.5. The van der Waals surface area contributed by atoms with E-state index >= 15 is 0 Å². The van der Waals surface area contributed by atoms with Gasteiger partial charge in [-0.2, -0.15) is 0 Å². The van der Waals surface area contributed by atoms with E-state index in [1.807, 2.05) is 5.92 Å². The number of hydrogen-bond donors (Lipinski definition) is 0. The Balaban J connectivity index is 1.80. The van der Waals surface area contributed by atoms with Crippen molar-refractivity contribution in [3.8, 4) is 0 Å². The summed E-state index contributed by atoms with van der Waals surface area (Å²) in [4.78, 5) is 0. The van der Waals surface area contributed by atoms with E-state index in [1.165, 1.54) is 44.9 Å². The molecule has 0 amide bonds. The quantitative estimate of drug-likeness (QED) is 0.503. The lowest BCUT2D eigenvalue weighted by molar-refractivity contribution is 0.391. The van der Waals surface area contributed by atoms with Crippen LogP contribution in [0.15, 0.2) is 0 Å². The average molecular weight is 123 g/mol. The molecule has 0 N–H and O–H groups in total. The fraction of sp³-hybridized carbons (Fsp3) is 0.889. The van der Waals surface area contributed by atoms with Crippen molar-refractivity contribution >= 4 is 0 Å². The average Bonchev–Trinajstić information content (AvgIpc) is 2.71. The van der Waals surface area contributed by atoms with Crippen molar-refractivity contribution in [2.45, 2.75) is 44.9 Å². The third kappa shape index (κ3) is 1.28. The van der Waals surface area contributed by atoms with E-state index < -0.39 is 0 Å². The molecule has 2 rings (SSSR count). The molecule has 0 aromatic rings. The van der Waals surface area contributed by atoms with E-state index in [0.29, 0.717) is 0 Å². The smallest absolute Gasteiger partial charge is 0.0210 e. The summed E-state index contributed by atoms with van der Waals surface area (Å²) in [6.45, 7) is 0. The van der Waals surface area contributed by atoms with Gasteiger partial charge in [-0.05, 0) is 37.5 Å². The standard InChI is InChI=1S/C9H15/c1-2-4-8(5-3-1)9-6-7-9/h8H,1-7H2. The lowest BCUT2D eigenvalue weighted by Crippen LogP contribution is -2.06. The highest BCUT2D eigenvalue weighted by Gasteiger charge is 2.31. The van der Waals surface area contributed by atoms with Crippen LogP contribution in [0, 0.1) is 11.8 Å². The molecule has 0 heteroatoms. The van der Waals surface area contributed by atoms with Gasteiger partial charge in [-0.15, -0.1) is 0 Å². The zero-order valence-electron chi connectivity index (χ0n) is 6.03. The molecule has 2 aliphatic carbocycles. The molecular weight excluding hydrogens is 108 g/mol. The van der Waals surface area contributed by atoms with Gasteiger partial charge < -0.3 is 0 Å². The zero-order valence-corrected chi connectivity index (χ0v) is 6.03. The molecule has 0 heterocycles. The molecule has 0 bridgehead atoms. The fourth-order valence-corrected chi connectivity index (χ4v) is 1.99. The summed E-state index contributed by atoms with van der Waals surface area (Å²) in [6, 6.07) is 0. The van der Waals surface area contributed by atoms with E-state index in [2.05, 4.69) is 0 Å². The van der Waals surface area contributed by atoms with Gasteiger partial charge in [0.15, 0.2) is 0 Å². The second-order valence-corrected chi connectivity index (χ2v) is 3.49. The molecule has 0 aromatic carbocycles. The van der Waals surface area contributed by atoms with Crippen LogP contribution in [0.2, 0.25) is 0 Å². The van der Waals surface area contributed by atoms with Crippen molar-refractivity contribution in [2.75, 3.05) is 0 Å². The maximum absolute atomic E-state index is 1.90. The first-order chi connectivity index (χ1) is 4.47. The molecule has 0 aliphatic heterocycles. The summed E-state index contributed by atoms with van der Waals surface area (Å²) in [5.74, 6) is 2.98. The first kappa shape index (κ1) is 5.76. The van der Waals surface area contributed by atoms with Gasteiger partial charge in [-0.3, -0.25) is 0 Å². The molecule has 2 fully saturated rings. The highest BCUT2D eigenvalue weighted by Crippen LogP contribution is 2.45. The Morgan fingerprint density at radius 2 is 1.56 bits per heavy atom. The minimum absolute atomic E-state index is 1.08. The largest absolute Gasteiger partial charge is 0.0533 e. The van der Waals surface area contributed by atoms with Gasteiger partial charge in [0, 0.05) is 0 Å². The Hall–Kier alpha value is 0. The monoisotopic (exact) mass is 123 g/mol. The van der Waals surface area contributed by atoms with E-state index in [0.717, 1.165) is 5.92 Å². The second kappa shape index (κ2) is 2.32. The molecule has 0 nitrogen and oxygen atoms in total. The summed E-state index contributed by atoms with van der Waals surface area (Å²) in [5.41, 5.74) is 0. The first-order valence-electron chi connectivity index (χ1n) is 4.31. The number of hydrogen-bond acceptors (Lipinski definition) is 0. The van der Waals surface area contributed by atoms with Crippen LogP contribution in [0.3, 0.4) is 0 Å². The van der Waals surface area contributed by atoms with E-state index in [1.54, 1.807) is 0 Å². The van der Waals surface area contributed by atoms with Crippen LogP contribution < -0.4 is 0 Å². The maximum atomic E-state index is 1.90. The van der Waals surface area contributed by atoms with Crippen molar-refractivity contribution in [3.63, 3.8) is 0 Å². The summed E-state index contributed by atoms with van der Waals surface area (Å²) in [5, 5.41) is 0. The highest BCUT2D eigenvalue weighted by atomic mass is 14.4. The predicted molar refractivity (Wildman–Crippen MR) is 39.1 cm³/mol. The van der Waals surface area contributed by atoms with Crippen LogP contribution in [0.5, 0.6) is 0 Å². The lowest BCUT2D eigenvalue weighted by atomic mass is 9.86. The van der Waals surface area contributed by atoms with Gasteiger partial charge in [-0.25, -0.2) is 0 Å². The Morgan fingerprint density at radius 1 is 0.889 bits per heavy atom. The topological polar surface area (TPSA) is 0 Å². The fourth-order valence-electron chi connectivity index (χ4n) is 1.99. The van der Waals surface area contributed by atoms with Crippen molar-refractivity contribution < 1.29 is 0 Å². The molecule has 51 valence electrons. The van der Waals surface area contributed by atoms with Crippen LogP contribution in [-0.4, -0.2) is 0 Å². The third-order valence-corrected chi connectivity index (χ3v) is 2.72. The van der Waals surface area contributed by atoms with Crippen LogP contribution in [0.25, 0.3) is 0 Å². The zero-order chi connectivity index (χ0) is 6.10. The van der Waals surface area contributed by atoms with Crippen LogP contribution in [-0.2, 0) is 0 Å². The van der Waals surface area contributed by atoms with Crippen molar-refractivity contribution in [3.05, 3.63) is 5.92 Å². The second-order valence-electron chi connectivity index (χ2n) is 3.49. The van der Waals surface area contributed by atoms with Crippen molar-refractivity contribution in [1.29, 1.82) is 0 Å². The van der Waals surface area contributed by atoms with Crippen LogP contribution in [0.1, 0.15) is 44.9 Å². The van der Waals surface area contributed by atoms with Crippen LogP contribution in [0.4, 0.5) is 0 Å². The summed E-state index contributed by atoms with van der Waals surface area (Å²) >= 11 is 0. The normalized spacial score (nSPS) is 30.7. The number of rotatable bonds is 1. The van der Waals surface area contributed by atoms with E-state index in [9.17, 15) is 0 Å². The first-order valence-corrected chi connectivity index (χ1v) is 4.31. The Bertz CT molecular complexity index is 86.2. The molecule has 0 spiro atoms. The summed E-state index contributed by atoms with van der Waals surface area (Å²) in [7, 11) is 0. The molecule has 0 aromatic heterocycles. The third-order valence-electron chi connectivity index (χ3n) is 2.72. The molecule has 9 heavy (non-hydrogen) atoms. The SMILES string of the molecule is C1CCC([C]2CC2)CC1. The molecular formula is C9H15. The van der Waals surface area contributed by atoms with E-state index in [-0.39, 0.29) is 0 Å². The minimum atomic E-state index is 1.08. The molecule has 1 radical (unpaired) electrons. The van der Waals surface area contributed by atoms with Gasteiger partial charge >= 0.3 is 0 Å². The minimum Gasteiger partial charge on any atom is -0.0533 e.